The van der Waals surface area contributed by atoms with Crippen molar-refractivity contribution >= 4 is 10.8 Å². The van der Waals surface area contributed by atoms with Crippen molar-refractivity contribution in [3.05, 3.63) is 83.1 Å². The number of halogens is 1. The maximum absolute atomic E-state index is 15.3. The first kappa shape index (κ1) is 18.3. The van der Waals surface area contributed by atoms with Crippen LogP contribution >= 0.6 is 0 Å². The average Bonchev–Trinajstić information content (AvgIpc) is 2.69. The summed E-state index contributed by atoms with van der Waals surface area (Å²) >= 11 is 0. The second-order valence-corrected chi connectivity index (χ2v) is 7.56. The average molecular weight is 371 g/mol. The van der Waals surface area contributed by atoms with Crippen LogP contribution in [0.5, 0.6) is 0 Å². The van der Waals surface area contributed by atoms with Crippen molar-refractivity contribution in [3.63, 3.8) is 0 Å². The standard InChI is InChI=1S/C25H24FN2/c1-15-11-16(2)24(26)23(18(15)4)25-22-9-8-19(20-7-6-10-27-14-20)13-21(22)12-17(3)28(25)5/h6-14H,1-5H3/q+1. The zero-order chi connectivity index (χ0) is 20.0. The summed E-state index contributed by atoms with van der Waals surface area (Å²) in [5.41, 5.74) is 7.67. The van der Waals surface area contributed by atoms with Gasteiger partial charge in [-0.3, -0.25) is 4.98 Å². The number of aromatic nitrogens is 2. The van der Waals surface area contributed by atoms with Crippen LogP contribution < -0.4 is 4.57 Å². The summed E-state index contributed by atoms with van der Waals surface area (Å²) in [4.78, 5) is 4.23. The number of aryl methyl sites for hydroxylation is 3. The third-order valence-electron chi connectivity index (χ3n) is 5.73. The van der Waals surface area contributed by atoms with Crippen LogP contribution in [0.3, 0.4) is 0 Å². The Morgan fingerprint density at radius 2 is 1.68 bits per heavy atom. The lowest BCUT2D eigenvalue weighted by molar-refractivity contribution is -0.665. The number of hydrogen-bond donors (Lipinski definition) is 0. The molecule has 0 amide bonds. The van der Waals surface area contributed by atoms with Crippen LogP contribution in [-0.4, -0.2) is 4.98 Å². The Morgan fingerprint density at radius 3 is 2.39 bits per heavy atom. The highest BCUT2D eigenvalue weighted by atomic mass is 19.1. The molecule has 0 N–H and O–H groups in total. The van der Waals surface area contributed by atoms with E-state index in [0.29, 0.717) is 11.1 Å². The molecule has 140 valence electrons. The van der Waals surface area contributed by atoms with Gasteiger partial charge >= 0.3 is 0 Å². The number of nitrogens with zero attached hydrogens (tertiary/aromatic N) is 2. The molecule has 0 aliphatic carbocycles. The van der Waals surface area contributed by atoms with E-state index in [9.17, 15) is 0 Å². The first-order chi connectivity index (χ1) is 13.4. The number of hydrogen-bond acceptors (Lipinski definition) is 1. The number of fused-ring (bicyclic) bond motifs is 1. The van der Waals surface area contributed by atoms with Gasteiger partial charge in [0.05, 0.1) is 10.9 Å². The van der Waals surface area contributed by atoms with E-state index in [1.54, 1.807) is 6.20 Å². The summed E-state index contributed by atoms with van der Waals surface area (Å²) in [5, 5.41) is 2.15. The second-order valence-electron chi connectivity index (χ2n) is 7.56. The van der Waals surface area contributed by atoms with Gasteiger partial charge in [0.1, 0.15) is 12.9 Å². The van der Waals surface area contributed by atoms with Crippen LogP contribution in [0.25, 0.3) is 33.2 Å². The molecule has 2 aromatic carbocycles. The maximum Gasteiger partial charge on any atom is 0.223 e. The minimum absolute atomic E-state index is 0.137. The lowest BCUT2D eigenvalue weighted by atomic mass is 9.92. The minimum Gasteiger partial charge on any atom is -0.264 e. The van der Waals surface area contributed by atoms with Gasteiger partial charge in [0.25, 0.3) is 0 Å². The Labute approximate surface area is 165 Å². The van der Waals surface area contributed by atoms with Gasteiger partial charge in [-0.25, -0.2) is 4.39 Å². The second kappa shape index (κ2) is 6.83. The lowest BCUT2D eigenvalue weighted by Crippen LogP contribution is -2.35. The molecule has 0 radical (unpaired) electrons. The Balaban J connectivity index is 2.07. The molecule has 0 saturated carbocycles. The molecular weight excluding hydrogens is 347 g/mol. The Hall–Kier alpha value is -3.07. The van der Waals surface area contributed by atoms with Gasteiger partial charge in [-0.1, -0.05) is 18.2 Å². The van der Waals surface area contributed by atoms with E-state index in [4.69, 9.17) is 0 Å². The van der Waals surface area contributed by atoms with Crippen molar-refractivity contribution in [2.45, 2.75) is 27.7 Å². The molecule has 2 aromatic heterocycles. The molecule has 3 heteroatoms. The van der Waals surface area contributed by atoms with Gasteiger partial charge in [-0.2, -0.15) is 4.57 Å². The summed E-state index contributed by atoms with van der Waals surface area (Å²) in [6.07, 6.45) is 3.64. The topological polar surface area (TPSA) is 16.8 Å². The van der Waals surface area contributed by atoms with Gasteiger partial charge < -0.3 is 0 Å². The highest BCUT2D eigenvalue weighted by Crippen LogP contribution is 2.35. The fourth-order valence-corrected chi connectivity index (χ4v) is 3.93. The van der Waals surface area contributed by atoms with Crippen LogP contribution in [0.1, 0.15) is 22.4 Å². The van der Waals surface area contributed by atoms with Crippen molar-refractivity contribution in [2.24, 2.45) is 7.05 Å². The lowest BCUT2D eigenvalue weighted by Gasteiger charge is -2.14. The SMILES string of the molecule is Cc1cc(C)c(F)c(-c2c3ccc(-c4cccnc4)cc3cc(C)[n+]2C)c1C. The van der Waals surface area contributed by atoms with Crippen LogP contribution in [0, 0.1) is 33.5 Å². The molecule has 4 rings (SSSR count). The molecule has 0 spiro atoms. The Kier molecular flexibility index (Phi) is 4.46. The number of benzene rings is 2. The van der Waals surface area contributed by atoms with E-state index in [0.717, 1.165) is 44.4 Å². The fraction of sp³-hybridized carbons (Fsp3) is 0.200. The minimum atomic E-state index is -0.137. The van der Waals surface area contributed by atoms with Crippen LogP contribution in [0.4, 0.5) is 4.39 Å². The molecule has 0 unspecified atom stereocenters. The summed E-state index contributed by atoms with van der Waals surface area (Å²) in [6, 6.07) is 14.4. The Morgan fingerprint density at radius 1 is 0.893 bits per heavy atom. The molecule has 0 aliphatic heterocycles. The van der Waals surface area contributed by atoms with E-state index in [1.165, 1.54) is 0 Å². The fourth-order valence-electron chi connectivity index (χ4n) is 3.93. The third-order valence-corrected chi connectivity index (χ3v) is 5.73. The molecule has 0 bridgehead atoms. The quantitative estimate of drug-likeness (QED) is 0.409. The molecule has 4 aromatic rings. The molecule has 2 nitrogen and oxygen atoms in total. The van der Waals surface area contributed by atoms with Crippen LogP contribution in [0.15, 0.2) is 54.9 Å². The van der Waals surface area contributed by atoms with Crippen molar-refractivity contribution in [2.75, 3.05) is 0 Å². The molecule has 28 heavy (non-hydrogen) atoms. The first-order valence-electron chi connectivity index (χ1n) is 9.49. The first-order valence-corrected chi connectivity index (χ1v) is 9.49. The molecule has 2 heterocycles. The van der Waals surface area contributed by atoms with Gasteiger partial charge in [0, 0.05) is 30.9 Å². The Bertz CT molecular complexity index is 1180. The highest BCUT2D eigenvalue weighted by Gasteiger charge is 2.25. The van der Waals surface area contributed by atoms with E-state index in [1.807, 2.05) is 46.1 Å². The van der Waals surface area contributed by atoms with Gasteiger partial charge in [0.2, 0.25) is 5.69 Å². The van der Waals surface area contributed by atoms with Crippen molar-refractivity contribution < 1.29 is 8.96 Å². The molecule has 0 fully saturated rings. The predicted molar refractivity (Wildman–Crippen MR) is 113 cm³/mol. The van der Waals surface area contributed by atoms with Crippen LogP contribution in [0.2, 0.25) is 0 Å². The van der Waals surface area contributed by atoms with E-state index < -0.39 is 0 Å². The molecular formula is C25H24FN2+. The predicted octanol–water partition coefficient (Wildman–Crippen LogP) is 5.77. The monoisotopic (exact) mass is 371 g/mol. The van der Waals surface area contributed by atoms with E-state index in [-0.39, 0.29) is 5.82 Å². The maximum atomic E-state index is 15.3. The number of pyridine rings is 2. The normalized spacial score (nSPS) is 11.2. The zero-order valence-corrected chi connectivity index (χ0v) is 17.0. The van der Waals surface area contributed by atoms with Crippen LogP contribution in [-0.2, 0) is 7.05 Å². The smallest absolute Gasteiger partial charge is 0.223 e. The third kappa shape index (κ3) is 2.88. The summed E-state index contributed by atoms with van der Waals surface area (Å²) < 4.78 is 17.4. The number of rotatable bonds is 2. The van der Waals surface area contributed by atoms with Crippen molar-refractivity contribution in [1.29, 1.82) is 0 Å². The van der Waals surface area contributed by atoms with E-state index in [2.05, 4.69) is 46.8 Å². The van der Waals surface area contributed by atoms with E-state index >= 15 is 4.39 Å². The van der Waals surface area contributed by atoms with Gasteiger partial charge in [-0.05, 0) is 66.6 Å². The van der Waals surface area contributed by atoms with Gasteiger partial charge in [-0.15, -0.1) is 0 Å². The van der Waals surface area contributed by atoms with Crippen molar-refractivity contribution in [3.8, 4) is 22.4 Å². The van der Waals surface area contributed by atoms with Gasteiger partial charge in [0.15, 0.2) is 5.69 Å². The summed E-state index contributed by atoms with van der Waals surface area (Å²) in [7, 11) is 2.01. The summed E-state index contributed by atoms with van der Waals surface area (Å²) in [6.45, 7) is 7.95. The molecule has 0 saturated heterocycles. The highest BCUT2D eigenvalue weighted by molar-refractivity contribution is 5.96. The molecule has 0 atom stereocenters. The summed E-state index contributed by atoms with van der Waals surface area (Å²) in [5.74, 6) is -0.137. The molecule has 0 aliphatic rings. The zero-order valence-electron chi connectivity index (χ0n) is 17.0. The largest absolute Gasteiger partial charge is 0.264 e. The van der Waals surface area contributed by atoms with Crippen molar-refractivity contribution in [1.82, 2.24) is 4.98 Å².